The molecule has 16 heavy (non-hydrogen) atoms. The number of aliphatic hydroxyl groups excluding tert-OH is 1. The van der Waals surface area contributed by atoms with Gasteiger partial charge in [-0.25, -0.2) is 0 Å². The van der Waals surface area contributed by atoms with Crippen molar-refractivity contribution in [2.45, 2.75) is 23.7 Å². The molecule has 86 valence electrons. The highest BCUT2D eigenvalue weighted by molar-refractivity contribution is 9.08. The molecular formula is C12H14BrNO2. The number of aliphatic hydroxyl groups is 1. The summed E-state index contributed by atoms with van der Waals surface area (Å²) < 4.78 is 0. The van der Waals surface area contributed by atoms with Crippen LogP contribution in [0, 0.1) is 0 Å². The predicted octanol–water partition coefficient (Wildman–Crippen LogP) is 1.84. The van der Waals surface area contributed by atoms with E-state index < -0.39 is 0 Å². The minimum Gasteiger partial charge on any atom is -0.394 e. The Kier molecular flexibility index (Phi) is 3.30. The Morgan fingerprint density at radius 2 is 2.00 bits per heavy atom. The van der Waals surface area contributed by atoms with Crippen molar-refractivity contribution < 1.29 is 9.90 Å². The molecule has 2 N–H and O–H groups in total. The normalized spacial score (nSPS) is 16.9. The third-order valence-corrected chi connectivity index (χ3v) is 3.55. The quantitative estimate of drug-likeness (QED) is 0.829. The van der Waals surface area contributed by atoms with Gasteiger partial charge >= 0.3 is 0 Å². The average Bonchev–Trinajstić information content (AvgIpc) is 3.09. The third-order valence-electron chi connectivity index (χ3n) is 2.91. The van der Waals surface area contributed by atoms with E-state index in [9.17, 15) is 4.79 Å². The van der Waals surface area contributed by atoms with Gasteiger partial charge < -0.3 is 10.4 Å². The number of hydrogen-bond acceptors (Lipinski definition) is 2. The van der Waals surface area contributed by atoms with E-state index in [4.69, 9.17) is 5.11 Å². The second-order valence-corrected chi connectivity index (χ2v) is 4.78. The second kappa shape index (κ2) is 4.55. The van der Waals surface area contributed by atoms with E-state index in [0.717, 1.165) is 23.7 Å². The highest BCUT2D eigenvalue weighted by Gasteiger charge is 2.43. The van der Waals surface area contributed by atoms with Crippen LogP contribution in [-0.4, -0.2) is 23.2 Å². The smallest absolute Gasteiger partial charge is 0.251 e. The summed E-state index contributed by atoms with van der Waals surface area (Å²) in [7, 11) is 0. The molecule has 1 aliphatic carbocycles. The summed E-state index contributed by atoms with van der Waals surface area (Å²) in [5.41, 5.74) is 1.44. The number of carbonyl (C=O) groups excluding carboxylic acids is 1. The van der Waals surface area contributed by atoms with Crippen molar-refractivity contribution in [2.24, 2.45) is 0 Å². The number of hydrogen-bond donors (Lipinski definition) is 2. The molecule has 1 aromatic rings. The van der Waals surface area contributed by atoms with Crippen LogP contribution in [0.25, 0.3) is 0 Å². The first-order valence-corrected chi connectivity index (χ1v) is 6.39. The van der Waals surface area contributed by atoms with Crippen molar-refractivity contribution in [2.75, 3.05) is 6.61 Å². The summed E-state index contributed by atoms with van der Waals surface area (Å²) in [5.74, 6) is -0.104. The lowest BCUT2D eigenvalue weighted by Gasteiger charge is -2.14. The molecule has 0 saturated heterocycles. The monoisotopic (exact) mass is 283 g/mol. The van der Waals surface area contributed by atoms with Crippen LogP contribution < -0.4 is 5.32 Å². The second-order valence-electron chi connectivity index (χ2n) is 4.22. The van der Waals surface area contributed by atoms with E-state index in [2.05, 4.69) is 21.2 Å². The van der Waals surface area contributed by atoms with Gasteiger partial charge in [-0.2, -0.15) is 0 Å². The Labute approximate surface area is 103 Å². The molecule has 1 aromatic carbocycles. The molecule has 0 unspecified atom stereocenters. The molecule has 1 saturated carbocycles. The van der Waals surface area contributed by atoms with Crippen LogP contribution >= 0.6 is 15.9 Å². The van der Waals surface area contributed by atoms with Gasteiger partial charge in [0.2, 0.25) is 0 Å². The fourth-order valence-corrected chi connectivity index (χ4v) is 1.91. The van der Waals surface area contributed by atoms with Crippen molar-refractivity contribution >= 4 is 21.8 Å². The van der Waals surface area contributed by atoms with Crippen LogP contribution in [0.4, 0.5) is 0 Å². The zero-order valence-electron chi connectivity index (χ0n) is 8.87. The van der Waals surface area contributed by atoms with E-state index in [0.29, 0.717) is 5.56 Å². The molecule has 0 aromatic heterocycles. The third kappa shape index (κ3) is 2.44. The highest BCUT2D eigenvalue weighted by atomic mass is 79.9. The van der Waals surface area contributed by atoms with Crippen LogP contribution in [0.1, 0.15) is 28.8 Å². The average molecular weight is 284 g/mol. The van der Waals surface area contributed by atoms with Crippen LogP contribution in [0.15, 0.2) is 24.3 Å². The molecule has 1 fully saturated rings. The number of amides is 1. The van der Waals surface area contributed by atoms with Gasteiger partial charge in [-0.05, 0) is 30.5 Å². The molecular weight excluding hydrogens is 270 g/mol. The fraction of sp³-hybridized carbons (Fsp3) is 0.417. The van der Waals surface area contributed by atoms with Crippen molar-refractivity contribution in [3.8, 4) is 0 Å². The Morgan fingerprint density at radius 3 is 2.44 bits per heavy atom. The SMILES string of the molecule is O=C(NC1(CO)CC1)c1ccc(CBr)cc1. The van der Waals surface area contributed by atoms with Gasteiger partial charge in [0.15, 0.2) is 0 Å². The van der Waals surface area contributed by atoms with E-state index in [1.165, 1.54) is 0 Å². The first-order chi connectivity index (χ1) is 7.69. The predicted molar refractivity (Wildman–Crippen MR) is 65.6 cm³/mol. The largest absolute Gasteiger partial charge is 0.394 e. The topological polar surface area (TPSA) is 49.3 Å². The lowest BCUT2D eigenvalue weighted by Crippen LogP contribution is -2.39. The van der Waals surface area contributed by atoms with Gasteiger partial charge in [0.1, 0.15) is 0 Å². The summed E-state index contributed by atoms with van der Waals surface area (Å²) in [6.07, 6.45) is 1.74. The Balaban J connectivity index is 2.03. The summed E-state index contributed by atoms with van der Waals surface area (Å²) >= 11 is 3.36. The van der Waals surface area contributed by atoms with Crippen molar-refractivity contribution in [1.29, 1.82) is 0 Å². The summed E-state index contributed by atoms with van der Waals surface area (Å²) in [5, 5.41) is 12.8. The minimum atomic E-state index is -0.342. The number of alkyl halides is 1. The Morgan fingerprint density at radius 1 is 1.38 bits per heavy atom. The van der Waals surface area contributed by atoms with Gasteiger partial charge in [0, 0.05) is 10.9 Å². The number of rotatable bonds is 4. The molecule has 2 rings (SSSR count). The summed E-state index contributed by atoms with van der Waals surface area (Å²) in [4.78, 5) is 11.8. The summed E-state index contributed by atoms with van der Waals surface area (Å²) in [6.45, 7) is 0.0260. The maximum absolute atomic E-state index is 11.8. The van der Waals surface area contributed by atoms with Crippen molar-refractivity contribution in [3.05, 3.63) is 35.4 Å². The van der Waals surface area contributed by atoms with E-state index >= 15 is 0 Å². The number of benzene rings is 1. The number of carbonyl (C=O) groups is 1. The highest BCUT2D eigenvalue weighted by Crippen LogP contribution is 2.34. The van der Waals surface area contributed by atoms with Crippen molar-refractivity contribution in [1.82, 2.24) is 5.32 Å². The van der Waals surface area contributed by atoms with Gasteiger partial charge in [-0.1, -0.05) is 28.1 Å². The molecule has 0 aliphatic heterocycles. The van der Waals surface area contributed by atoms with Gasteiger partial charge in [-0.3, -0.25) is 4.79 Å². The van der Waals surface area contributed by atoms with Crippen molar-refractivity contribution in [3.63, 3.8) is 0 Å². The van der Waals surface area contributed by atoms with Crippen LogP contribution in [0.5, 0.6) is 0 Å². The maximum Gasteiger partial charge on any atom is 0.251 e. The minimum absolute atomic E-state index is 0.0260. The first-order valence-electron chi connectivity index (χ1n) is 5.27. The maximum atomic E-state index is 11.8. The summed E-state index contributed by atoms with van der Waals surface area (Å²) in [6, 6.07) is 7.45. The fourth-order valence-electron chi connectivity index (χ4n) is 1.53. The van der Waals surface area contributed by atoms with Gasteiger partial charge in [-0.15, -0.1) is 0 Å². The molecule has 0 atom stereocenters. The molecule has 0 spiro atoms. The molecule has 0 heterocycles. The molecule has 3 nitrogen and oxygen atoms in total. The van der Waals surface area contributed by atoms with E-state index in [1.807, 2.05) is 12.1 Å². The zero-order chi connectivity index (χ0) is 11.6. The lowest BCUT2D eigenvalue weighted by atomic mass is 10.1. The zero-order valence-corrected chi connectivity index (χ0v) is 10.5. The van der Waals surface area contributed by atoms with Gasteiger partial charge in [0.25, 0.3) is 5.91 Å². The molecule has 1 aliphatic rings. The standard InChI is InChI=1S/C12H14BrNO2/c13-7-9-1-3-10(4-2-9)11(16)14-12(8-15)5-6-12/h1-4,15H,5-8H2,(H,14,16). The van der Waals surface area contributed by atoms with Crippen LogP contribution in [0.2, 0.25) is 0 Å². The van der Waals surface area contributed by atoms with E-state index in [-0.39, 0.29) is 18.1 Å². The Bertz CT molecular complexity index is 385. The molecule has 0 radical (unpaired) electrons. The van der Waals surface area contributed by atoms with Crippen LogP contribution in [0.3, 0.4) is 0 Å². The Hall–Kier alpha value is -0.870. The first kappa shape index (κ1) is 11.6. The number of halogens is 1. The lowest BCUT2D eigenvalue weighted by molar-refractivity contribution is 0.0907. The molecule has 0 bridgehead atoms. The molecule has 4 heteroatoms. The van der Waals surface area contributed by atoms with Crippen LogP contribution in [-0.2, 0) is 5.33 Å². The van der Waals surface area contributed by atoms with E-state index in [1.54, 1.807) is 12.1 Å². The number of nitrogens with one attached hydrogen (secondary N) is 1. The van der Waals surface area contributed by atoms with Gasteiger partial charge in [0.05, 0.1) is 12.1 Å². The molecule has 1 amide bonds.